The van der Waals surface area contributed by atoms with Crippen LogP contribution in [-0.4, -0.2) is 22.7 Å². The van der Waals surface area contributed by atoms with Crippen LogP contribution in [-0.2, 0) is 4.79 Å². The molecule has 1 aliphatic rings. The Hall–Kier alpha value is -4.69. The number of aromatic nitrogens is 1. The minimum absolute atomic E-state index is 0.133. The van der Waals surface area contributed by atoms with E-state index in [0.29, 0.717) is 48.2 Å². The zero-order valence-electron chi connectivity index (χ0n) is 20.3. The van der Waals surface area contributed by atoms with Gasteiger partial charge in [-0.1, -0.05) is 29.8 Å². The molecule has 2 aromatic heterocycles. The van der Waals surface area contributed by atoms with Gasteiger partial charge >= 0.3 is 0 Å². The fraction of sp³-hybridized carbons (Fsp3) is 0. The first kappa shape index (κ1) is 25.6. The van der Waals surface area contributed by atoms with Crippen molar-refractivity contribution in [1.29, 1.82) is 5.26 Å². The van der Waals surface area contributed by atoms with Crippen molar-refractivity contribution >= 4 is 80.1 Å². The smallest absolute Gasteiger partial charge is 0.266 e. The molecule has 0 aliphatic carbocycles. The minimum Gasteiger partial charge on any atom is -0.450 e. The molecule has 3 aromatic carbocycles. The Bertz CT molecular complexity index is 1890. The molecule has 0 atom stereocenters. The maximum absolute atomic E-state index is 12.9. The van der Waals surface area contributed by atoms with Gasteiger partial charge in [-0.05, 0) is 72.4 Å². The highest BCUT2D eigenvalue weighted by Crippen LogP contribution is 2.38. The molecular formula is C29H15ClN4O4S2. The topological polar surface area (TPSA) is 116 Å². The molecular weight excluding hydrogens is 568 g/mol. The molecule has 1 aliphatic heterocycles. The second kappa shape index (κ2) is 10.5. The predicted octanol–water partition coefficient (Wildman–Crippen LogP) is 7.04. The van der Waals surface area contributed by atoms with E-state index in [1.807, 2.05) is 6.07 Å². The van der Waals surface area contributed by atoms with Crippen LogP contribution in [0.3, 0.4) is 0 Å². The molecule has 0 bridgehead atoms. The molecule has 40 heavy (non-hydrogen) atoms. The fourth-order valence-electron chi connectivity index (χ4n) is 4.11. The van der Waals surface area contributed by atoms with E-state index in [-0.39, 0.29) is 17.4 Å². The normalized spacial score (nSPS) is 13.0. The van der Waals surface area contributed by atoms with Crippen molar-refractivity contribution in [3.05, 3.63) is 106 Å². The fourth-order valence-corrected chi connectivity index (χ4v) is 6.30. The second-order valence-electron chi connectivity index (χ2n) is 8.52. The molecule has 1 N–H and O–H groups in total. The van der Waals surface area contributed by atoms with Gasteiger partial charge in [-0.3, -0.25) is 14.4 Å². The number of hydrogen-bond donors (Lipinski definition) is 1. The first-order valence-corrected chi connectivity index (χ1v) is 13.8. The van der Waals surface area contributed by atoms with Gasteiger partial charge in [0.05, 0.1) is 27.0 Å². The number of anilines is 2. The Balaban J connectivity index is 1.18. The molecule has 3 amide bonds. The number of imide groups is 1. The van der Waals surface area contributed by atoms with Gasteiger partial charge < -0.3 is 9.73 Å². The number of hydrogen-bond acceptors (Lipinski definition) is 8. The van der Waals surface area contributed by atoms with Crippen LogP contribution in [0.4, 0.5) is 11.4 Å². The van der Waals surface area contributed by atoms with E-state index in [0.717, 1.165) is 4.70 Å². The largest absolute Gasteiger partial charge is 0.450 e. The van der Waals surface area contributed by atoms with E-state index in [9.17, 15) is 19.6 Å². The molecule has 194 valence electrons. The van der Waals surface area contributed by atoms with Crippen LogP contribution in [0.15, 0.2) is 98.3 Å². The first-order chi connectivity index (χ1) is 19.4. The highest BCUT2D eigenvalue weighted by molar-refractivity contribution is 8.01. The molecule has 5 aromatic rings. The number of benzene rings is 3. The Labute approximate surface area is 240 Å². The van der Waals surface area contributed by atoms with E-state index in [4.69, 9.17) is 16.0 Å². The number of rotatable bonds is 6. The van der Waals surface area contributed by atoms with Gasteiger partial charge in [-0.15, -0.1) is 11.3 Å². The van der Waals surface area contributed by atoms with Crippen LogP contribution in [0.1, 0.15) is 26.5 Å². The maximum atomic E-state index is 12.9. The highest BCUT2D eigenvalue weighted by Gasteiger charge is 2.36. The summed E-state index contributed by atoms with van der Waals surface area (Å²) in [5.41, 5.74) is 2.30. The van der Waals surface area contributed by atoms with Crippen LogP contribution in [0.5, 0.6) is 0 Å². The summed E-state index contributed by atoms with van der Waals surface area (Å²) in [4.78, 5) is 44.0. The summed E-state index contributed by atoms with van der Waals surface area (Å²) in [6.45, 7) is 0. The van der Waals surface area contributed by atoms with Gasteiger partial charge in [0.25, 0.3) is 17.7 Å². The number of thiazole rings is 1. The summed E-state index contributed by atoms with van der Waals surface area (Å²) >= 11 is 8.61. The second-order valence-corrected chi connectivity index (χ2v) is 11.2. The zero-order valence-corrected chi connectivity index (χ0v) is 22.6. The van der Waals surface area contributed by atoms with Gasteiger partial charge in [-0.25, -0.2) is 9.88 Å². The molecule has 0 spiro atoms. The van der Waals surface area contributed by atoms with Gasteiger partial charge in [0.2, 0.25) is 0 Å². The number of carbonyl (C=O) groups is 3. The summed E-state index contributed by atoms with van der Waals surface area (Å²) in [5.74, 6) is -0.967. The third-order valence-corrected chi connectivity index (χ3v) is 8.16. The van der Waals surface area contributed by atoms with Crippen molar-refractivity contribution in [3.63, 3.8) is 0 Å². The number of amides is 3. The molecule has 0 radical (unpaired) electrons. The molecule has 0 fully saturated rings. The Kier molecular flexibility index (Phi) is 6.69. The quantitative estimate of drug-likeness (QED) is 0.130. The molecule has 6 rings (SSSR count). The summed E-state index contributed by atoms with van der Waals surface area (Å²) < 4.78 is 7.29. The van der Waals surface area contributed by atoms with Gasteiger partial charge in [0.1, 0.15) is 17.4 Å². The lowest BCUT2D eigenvalue weighted by molar-refractivity contribution is -0.112. The lowest BCUT2D eigenvalue weighted by atomic mass is 10.1. The van der Waals surface area contributed by atoms with E-state index >= 15 is 0 Å². The van der Waals surface area contributed by atoms with E-state index < -0.39 is 5.91 Å². The lowest BCUT2D eigenvalue weighted by Gasteiger charge is -2.13. The number of fused-ring (bicyclic) bond motifs is 2. The summed E-state index contributed by atoms with van der Waals surface area (Å²) in [5, 5.41) is 13.1. The van der Waals surface area contributed by atoms with Crippen LogP contribution in [0.2, 0.25) is 5.02 Å². The van der Waals surface area contributed by atoms with Crippen molar-refractivity contribution < 1.29 is 18.8 Å². The summed E-state index contributed by atoms with van der Waals surface area (Å²) in [6, 6.07) is 23.9. The van der Waals surface area contributed by atoms with Gasteiger partial charge in [0, 0.05) is 16.8 Å². The Morgan fingerprint density at radius 1 is 1.02 bits per heavy atom. The molecule has 0 unspecified atom stereocenters. The number of nitrogens with zero attached hydrogens (tertiary/aromatic N) is 3. The Morgan fingerprint density at radius 2 is 1.80 bits per heavy atom. The number of halogens is 1. The number of nitrogens with one attached hydrogen (secondary N) is 1. The maximum Gasteiger partial charge on any atom is 0.266 e. The van der Waals surface area contributed by atoms with Crippen LogP contribution >= 0.6 is 34.7 Å². The van der Waals surface area contributed by atoms with Crippen LogP contribution in [0.25, 0.3) is 16.3 Å². The number of furan rings is 1. The molecule has 0 saturated heterocycles. The van der Waals surface area contributed by atoms with E-state index in [2.05, 4.69) is 10.3 Å². The Morgan fingerprint density at radius 3 is 2.52 bits per heavy atom. The van der Waals surface area contributed by atoms with Gasteiger partial charge in [-0.2, -0.15) is 5.26 Å². The first-order valence-electron chi connectivity index (χ1n) is 11.7. The third-order valence-electron chi connectivity index (χ3n) is 5.93. The minimum atomic E-state index is -0.588. The van der Waals surface area contributed by atoms with Crippen LogP contribution < -0.4 is 10.2 Å². The third kappa shape index (κ3) is 4.89. The molecule has 0 saturated carbocycles. The van der Waals surface area contributed by atoms with Crippen molar-refractivity contribution in [3.8, 4) is 6.07 Å². The highest BCUT2D eigenvalue weighted by atomic mass is 35.5. The van der Waals surface area contributed by atoms with Gasteiger partial charge in [0.15, 0.2) is 9.43 Å². The molecule has 8 nitrogen and oxygen atoms in total. The van der Waals surface area contributed by atoms with Crippen molar-refractivity contribution in [2.24, 2.45) is 0 Å². The van der Waals surface area contributed by atoms with E-state index in [1.54, 1.807) is 78.9 Å². The zero-order chi connectivity index (χ0) is 27.8. The summed E-state index contributed by atoms with van der Waals surface area (Å²) in [7, 11) is 0. The van der Waals surface area contributed by atoms with Crippen molar-refractivity contribution in [2.75, 3.05) is 10.2 Å². The van der Waals surface area contributed by atoms with Crippen molar-refractivity contribution in [2.45, 2.75) is 9.43 Å². The molecule has 11 heteroatoms. The molecule has 3 heterocycles. The van der Waals surface area contributed by atoms with Crippen LogP contribution in [0, 0.1) is 11.3 Å². The monoisotopic (exact) mass is 582 g/mol. The standard InChI is InChI=1S/C29H15ClN4O4S2/c30-17-4-3-5-18(13-17)32-26(35)16(15-31)12-20-9-11-25(38-20)40-29-33-23-10-8-19(14-24(23)39-29)34-27(36)21-6-1-2-7-22(21)28(34)37/h1-14H,(H,32,35)/b16-12+. The number of carbonyl (C=O) groups excluding carboxylic acids is 3. The SMILES string of the molecule is N#C/C(=C\c1ccc(Sc2nc3ccc(N4C(=O)c5ccccc5C4=O)cc3s2)o1)C(=O)Nc1cccc(Cl)c1. The average molecular weight is 583 g/mol. The average Bonchev–Trinajstić information content (AvgIpc) is 3.63. The predicted molar refractivity (Wildman–Crippen MR) is 154 cm³/mol. The lowest BCUT2D eigenvalue weighted by Crippen LogP contribution is -2.29. The van der Waals surface area contributed by atoms with Crippen molar-refractivity contribution in [1.82, 2.24) is 4.98 Å². The summed E-state index contributed by atoms with van der Waals surface area (Å²) in [6.07, 6.45) is 1.36. The number of nitriles is 1. The van der Waals surface area contributed by atoms with E-state index in [1.165, 1.54) is 34.1 Å².